The van der Waals surface area contributed by atoms with Gasteiger partial charge in [-0.3, -0.25) is 23.9 Å². The highest BCUT2D eigenvalue weighted by atomic mass is 32.2. The monoisotopic (exact) mass is 656 g/mol. The van der Waals surface area contributed by atoms with Crippen molar-refractivity contribution in [1.82, 2.24) is 14.9 Å². The number of carbonyl (C=O) groups is 4. The van der Waals surface area contributed by atoms with E-state index in [-0.39, 0.29) is 36.0 Å². The van der Waals surface area contributed by atoms with E-state index in [1.807, 2.05) is 24.3 Å². The molecule has 5 aliphatic rings. The molecule has 2 aromatic carbocycles. The van der Waals surface area contributed by atoms with Crippen LogP contribution in [-0.2, 0) is 29.2 Å². The van der Waals surface area contributed by atoms with E-state index in [0.717, 1.165) is 19.3 Å². The molecule has 0 aromatic heterocycles. The first-order chi connectivity index (χ1) is 22.6. The van der Waals surface area contributed by atoms with Gasteiger partial charge in [0.1, 0.15) is 17.4 Å². The molecule has 2 N–H and O–H groups in total. The van der Waals surface area contributed by atoms with E-state index in [1.54, 1.807) is 54.4 Å². The Bertz CT molecular complexity index is 1830. The SMILES string of the molecule is CN1CCCC/C=C\[C@H]2C[C@@]2(C(=O)NS(=O)(=O)C2CC2)NC(=O)[C@@H]2C[C@@H](ON=C3c4ccccc4C(=O)c4ccccc43)C=C2C1=O. The van der Waals surface area contributed by atoms with Gasteiger partial charge in [-0.2, -0.15) is 0 Å². The number of rotatable bonds is 5. The van der Waals surface area contributed by atoms with Gasteiger partial charge in [-0.25, -0.2) is 8.42 Å². The molecule has 244 valence electrons. The Kier molecular flexibility index (Phi) is 7.86. The van der Waals surface area contributed by atoms with Gasteiger partial charge in [0, 0.05) is 53.8 Å². The Balaban J connectivity index is 1.18. The molecule has 7 rings (SSSR count). The van der Waals surface area contributed by atoms with Gasteiger partial charge in [0.15, 0.2) is 5.78 Å². The predicted octanol–water partition coefficient (Wildman–Crippen LogP) is 3.00. The summed E-state index contributed by atoms with van der Waals surface area (Å²) in [5.74, 6) is -3.07. The summed E-state index contributed by atoms with van der Waals surface area (Å²) in [6, 6.07) is 14.3. The van der Waals surface area contributed by atoms with E-state index >= 15 is 0 Å². The second-order valence-corrected chi connectivity index (χ2v) is 15.0. The Morgan fingerprint density at radius 2 is 1.66 bits per heavy atom. The average molecular weight is 657 g/mol. The molecule has 0 bridgehead atoms. The lowest BCUT2D eigenvalue weighted by Crippen LogP contribution is -2.54. The van der Waals surface area contributed by atoms with E-state index in [2.05, 4.69) is 15.2 Å². The number of ketones is 1. The lowest BCUT2D eigenvalue weighted by Gasteiger charge is -2.24. The fourth-order valence-corrected chi connectivity index (χ4v) is 8.10. The summed E-state index contributed by atoms with van der Waals surface area (Å²) in [4.78, 5) is 61.9. The fraction of sp³-hybridized carbons (Fsp3) is 0.400. The van der Waals surface area contributed by atoms with Gasteiger partial charge in [0.25, 0.3) is 5.91 Å². The zero-order chi connectivity index (χ0) is 32.9. The van der Waals surface area contributed by atoms with Crippen LogP contribution in [0.5, 0.6) is 0 Å². The molecule has 2 aromatic rings. The quantitative estimate of drug-likeness (QED) is 0.317. The summed E-state index contributed by atoms with van der Waals surface area (Å²) in [7, 11) is -2.14. The number of likely N-dealkylation sites (N-methyl/N-ethyl adjacent to an activating group) is 1. The topological polar surface area (TPSA) is 151 Å². The fourth-order valence-electron chi connectivity index (χ4n) is 6.73. The third kappa shape index (κ3) is 5.79. The zero-order valence-corrected chi connectivity index (χ0v) is 26.8. The maximum absolute atomic E-state index is 14.0. The minimum Gasteiger partial charge on any atom is -0.388 e. The molecule has 0 unspecified atom stereocenters. The van der Waals surface area contributed by atoms with E-state index in [9.17, 15) is 27.6 Å². The molecule has 12 heteroatoms. The van der Waals surface area contributed by atoms with Crippen LogP contribution in [0.4, 0.5) is 0 Å². The Hall–Kier alpha value is -4.58. The minimum atomic E-state index is -3.83. The molecule has 0 spiro atoms. The minimum absolute atomic E-state index is 0.0817. The van der Waals surface area contributed by atoms with Crippen LogP contribution in [0.3, 0.4) is 0 Å². The number of hydrogen-bond donors (Lipinski definition) is 2. The van der Waals surface area contributed by atoms with Crippen LogP contribution in [0, 0.1) is 11.8 Å². The van der Waals surface area contributed by atoms with Gasteiger partial charge in [0.2, 0.25) is 21.8 Å². The second-order valence-electron chi connectivity index (χ2n) is 13.0. The molecule has 4 atom stereocenters. The molecule has 0 radical (unpaired) electrons. The number of carbonyl (C=O) groups excluding carboxylic acids is 4. The molecule has 3 amide bonds. The molecule has 11 nitrogen and oxygen atoms in total. The maximum atomic E-state index is 14.0. The van der Waals surface area contributed by atoms with Gasteiger partial charge >= 0.3 is 0 Å². The van der Waals surface area contributed by atoms with Crippen molar-refractivity contribution < 1.29 is 32.4 Å². The van der Waals surface area contributed by atoms with Gasteiger partial charge in [0.05, 0.1) is 11.2 Å². The van der Waals surface area contributed by atoms with Crippen LogP contribution in [-0.4, -0.2) is 73.0 Å². The number of allylic oxidation sites excluding steroid dienone is 1. The van der Waals surface area contributed by atoms with Gasteiger partial charge in [-0.1, -0.05) is 65.8 Å². The van der Waals surface area contributed by atoms with Crippen LogP contribution < -0.4 is 10.0 Å². The average Bonchev–Trinajstić information content (AvgIpc) is 3.99. The summed E-state index contributed by atoms with van der Waals surface area (Å²) in [5.41, 5.74) is 1.53. The van der Waals surface area contributed by atoms with Crippen molar-refractivity contribution in [3.05, 3.63) is 94.6 Å². The summed E-state index contributed by atoms with van der Waals surface area (Å²) in [5, 5.41) is 6.76. The molecular formula is C35H36N4O7S. The van der Waals surface area contributed by atoms with Crippen LogP contribution >= 0.6 is 0 Å². The summed E-state index contributed by atoms with van der Waals surface area (Å²) >= 11 is 0. The highest BCUT2D eigenvalue weighted by Crippen LogP contribution is 2.46. The van der Waals surface area contributed by atoms with Crippen molar-refractivity contribution in [1.29, 1.82) is 0 Å². The predicted molar refractivity (Wildman–Crippen MR) is 173 cm³/mol. The number of nitrogens with zero attached hydrogens (tertiary/aromatic N) is 2. The lowest BCUT2D eigenvalue weighted by molar-refractivity contribution is -0.133. The molecule has 2 saturated carbocycles. The van der Waals surface area contributed by atoms with Crippen LogP contribution in [0.2, 0.25) is 0 Å². The van der Waals surface area contributed by atoms with E-state index in [4.69, 9.17) is 4.84 Å². The molecular weight excluding hydrogens is 620 g/mol. The first kappa shape index (κ1) is 31.0. The summed E-state index contributed by atoms with van der Waals surface area (Å²) < 4.78 is 27.5. The van der Waals surface area contributed by atoms with Gasteiger partial charge < -0.3 is 15.1 Å². The Morgan fingerprint density at radius 3 is 2.32 bits per heavy atom. The van der Waals surface area contributed by atoms with Gasteiger partial charge in [-0.15, -0.1) is 0 Å². The Labute approximate surface area is 273 Å². The number of amides is 3. The number of hydrogen-bond acceptors (Lipinski definition) is 8. The van der Waals surface area contributed by atoms with Gasteiger partial charge in [-0.05, 0) is 44.6 Å². The number of benzene rings is 2. The van der Waals surface area contributed by atoms with Crippen molar-refractivity contribution in [3.8, 4) is 0 Å². The largest absolute Gasteiger partial charge is 0.388 e. The standard InChI is InChI=1S/C35H36N4O7S/c1-39-17-9-3-2-4-10-21-20-35(21,34(43)38-47(44,45)23-15-16-23)36-32(41)28-18-22(19-29(28)33(39)42)46-37-30-24-11-5-7-13-26(24)31(40)27-14-8-6-12-25(27)30/h4-8,10-14,19,21-23,28H,2-3,9,15-18,20H2,1H3,(H,36,41)(H,38,43)/b10-4-/t21-,22+,28+,35+/m0/s1. The van der Waals surface area contributed by atoms with Crippen molar-refractivity contribution in [2.24, 2.45) is 17.0 Å². The smallest absolute Gasteiger partial charge is 0.259 e. The van der Waals surface area contributed by atoms with Crippen molar-refractivity contribution in [3.63, 3.8) is 0 Å². The Morgan fingerprint density at radius 1 is 1.00 bits per heavy atom. The number of fused-ring (bicyclic) bond motifs is 4. The number of nitrogens with one attached hydrogen (secondary N) is 2. The molecule has 1 heterocycles. The molecule has 47 heavy (non-hydrogen) atoms. The lowest BCUT2D eigenvalue weighted by atomic mass is 9.84. The van der Waals surface area contributed by atoms with E-state index in [1.165, 1.54) is 0 Å². The number of sulfonamides is 1. The third-order valence-corrected chi connectivity index (χ3v) is 11.5. The molecule has 1 aliphatic heterocycles. The van der Waals surface area contributed by atoms with Crippen molar-refractivity contribution >= 4 is 39.2 Å². The highest BCUT2D eigenvalue weighted by Gasteiger charge is 2.62. The third-order valence-electron chi connectivity index (χ3n) is 9.70. The second kappa shape index (κ2) is 11.9. The maximum Gasteiger partial charge on any atom is 0.259 e. The van der Waals surface area contributed by atoms with E-state index < -0.39 is 44.6 Å². The summed E-state index contributed by atoms with van der Waals surface area (Å²) in [6.07, 6.45) is 8.31. The van der Waals surface area contributed by atoms with Crippen molar-refractivity contribution in [2.75, 3.05) is 13.6 Å². The van der Waals surface area contributed by atoms with Crippen LogP contribution in [0.15, 0.2) is 77.5 Å². The first-order valence-corrected chi connectivity index (χ1v) is 17.6. The van der Waals surface area contributed by atoms with Crippen molar-refractivity contribution in [2.45, 2.75) is 61.8 Å². The normalized spacial score (nSPS) is 28.0. The zero-order valence-electron chi connectivity index (χ0n) is 26.0. The molecule has 2 fully saturated rings. The highest BCUT2D eigenvalue weighted by molar-refractivity contribution is 7.91. The molecule has 4 aliphatic carbocycles. The van der Waals surface area contributed by atoms with Crippen LogP contribution in [0.25, 0.3) is 0 Å². The first-order valence-electron chi connectivity index (χ1n) is 16.1. The summed E-state index contributed by atoms with van der Waals surface area (Å²) in [6.45, 7) is 0.503. The van der Waals surface area contributed by atoms with E-state index in [0.29, 0.717) is 47.4 Å². The van der Waals surface area contributed by atoms with Crippen LogP contribution in [0.1, 0.15) is 72.0 Å². The molecule has 0 saturated heterocycles. The number of oxime groups is 1.